The Kier molecular flexibility index (Phi) is 5.71. The number of halogens is 1. The largest absolute Gasteiger partial charge is 0.375 e. The van der Waals surface area contributed by atoms with E-state index in [1.54, 1.807) is 37.3 Å². The first kappa shape index (κ1) is 18.2. The maximum atomic E-state index is 14.1. The van der Waals surface area contributed by atoms with Crippen LogP contribution < -0.4 is 15.1 Å². The summed E-state index contributed by atoms with van der Waals surface area (Å²) >= 11 is 0. The number of carbonyl (C=O) groups excluding carboxylic acids is 1. The van der Waals surface area contributed by atoms with Crippen molar-refractivity contribution in [1.29, 1.82) is 0 Å². The number of rotatable bonds is 5. The van der Waals surface area contributed by atoms with Gasteiger partial charge in [0.1, 0.15) is 11.6 Å². The third-order valence-electron chi connectivity index (χ3n) is 4.65. The predicted molar refractivity (Wildman–Crippen MR) is 102 cm³/mol. The maximum Gasteiger partial charge on any atom is 0.251 e. The average Bonchev–Trinajstić information content (AvgIpc) is 2.66. The van der Waals surface area contributed by atoms with Gasteiger partial charge in [-0.2, -0.15) is 0 Å². The lowest BCUT2D eigenvalue weighted by atomic mass is 10.1. The smallest absolute Gasteiger partial charge is 0.251 e. The highest BCUT2D eigenvalue weighted by molar-refractivity contribution is 5.94. The quantitative estimate of drug-likeness (QED) is 0.894. The number of anilines is 2. The molecule has 1 fully saturated rings. The molecule has 1 amide bonds. The van der Waals surface area contributed by atoms with Crippen molar-refractivity contribution < 1.29 is 9.18 Å². The molecule has 0 unspecified atom stereocenters. The molecule has 2 aromatic rings. The van der Waals surface area contributed by atoms with Gasteiger partial charge in [0.25, 0.3) is 5.91 Å². The van der Waals surface area contributed by atoms with Crippen LogP contribution in [-0.2, 0) is 6.54 Å². The van der Waals surface area contributed by atoms with E-state index in [0.29, 0.717) is 17.8 Å². The molecule has 1 aliphatic heterocycles. The summed E-state index contributed by atoms with van der Waals surface area (Å²) in [6.07, 6.45) is 5.37. The van der Waals surface area contributed by atoms with Crippen molar-refractivity contribution in [3.05, 3.63) is 53.5 Å². The Morgan fingerprint density at radius 3 is 2.69 bits per heavy atom. The van der Waals surface area contributed by atoms with E-state index >= 15 is 0 Å². The lowest BCUT2D eigenvalue weighted by Gasteiger charge is -2.29. The van der Waals surface area contributed by atoms with Crippen LogP contribution in [0.25, 0.3) is 0 Å². The molecule has 1 N–H and O–H groups in total. The maximum absolute atomic E-state index is 14.1. The number of aromatic nitrogens is 1. The van der Waals surface area contributed by atoms with Crippen LogP contribution in [0.15, 0.2) is 36.5 Å². The molecule has 0 spiro atoms. The Morgan fingerprint density at radius 1 is 1.23 bits per heavy atom. The summed E-state index contributed by atoms with van der Waals surface area (Å²) in [5.41, 5.74) is 1.76. The van der Waals surface area contributed by atoms with E-state index in [1.165, 1.54) is 25.3 Å². The molecular formula is C20H25FN4O. The zero-order chi connectivity index (χ0) is 18.5. The van der Waals surface area contributed by atoms with E-state index in [2.05, 4.69) is 15.2 Å². The molecule has 0 bridgehead atoms. The van der Waals surface area contributed by atoms with Crippen molar-refractivity contribution >= 4 is 17.4 Å². The number of hydrogen-bond donors (Lipinski definition) is 1. The van der Waals surface area contributed by atoms with E-state index < -0.39 is 5.82 Å². The number of amides is 1. The van der Waals surface area contributed by atoms with Crippen LogP contribution in [0.1, 0.15) is 35.2 Å². The van der Waals surface area contributed by atoms with Crippen LogP contribution in [0.3, 0.4) is 0 Å². The summed E-state index contributed by atoms with van der Waals surface area (Å²) in [6.45, 7) is 2.36. The number of carbonyl (C=O) groups is 1. The van der Waals surface area contributed by atoms with E-state index in [4.69, 9.17) is 0 Å². The van der Waals surface area contributed by atoms with E-state index in [1.807, 2.05) is 12.1 Å². The molecule has 0 atom stereocenters. The highest BCUT2D eigenvalue weighted by Gasteiger charge is 2.16. The summed E-state index contributed by atoms with van der Waals surface area (Å²) in [6, 6.07) is 8.39. The molecule has 1 aromatic heterocycles. The molecule has 26 heavy (non-hydrogen) atoms. The summed E-state index contributed by atoms with van der Waals surface area (Å²) in [5, 5.41) is 2.88. The minimum Gasteiger partial charge on any atom is -0.375 e. The second kappa shape index (κ2) is 8.17. The molecule has 1 aromatic carbocycles. The van der Waals surface area contributed by atoms with Gasteiger partial charge >= 0.3 is 0 Å². The van der Waals surface area contributed by atoms with Crippen molar-refractivity contribution in [2.24, 2.45) is 0 Å². The van der Waals surface area contributed by atoms with Gasteiger partial charge in [-0.3, -0.25) is 4.79 Å². The Balaban J connectivity index is 1.69. The van der Waals surface area contributed by atoms with Gasteiger partial charge in [0.2, 0.25) is 0 Å². The second-order valence-electron chi connectivity index (χ2n) is 6.78. The zero-order valence-electron chi connectivity index (χ0n) is 15.3. The van der Waals surface area contributed by atoms with E-state index in [-0.39, 0.29) is 5.91 Å². The zero-order valence-corrected chi connectivity index (χ0v) is 15.3. The van der Waals surface area contributed by atoms with Crippen molar-refractivity contribution in [3.8, 4) is 0 Å². The van der Waals surface area contributed by atoms with Gasteiger partial charge in [-0.25, -0.2) is 9.37 Å². The van der Waals surface area contributed by atoms with Gasteiger partial charge in [0.05, 0.1) is 5.69 Å². The van der Waals surface area contributed by atoms with Gasteiger partial charge in [-0.15, -0.1) is 0 Å². The predicted octanol–water partition coefficient (Wildman–Crippen LogP) is 3.21. The molecule has 1 saturated heterocycles. The Morgan fingerprint density at radius 2 is 2.00 bits per heavy atom. The number of piperidine rings is 1. The Bertz CT molecular complexity index is 772. The molecule has 6 heteroatoms. The third kappa shape index (κ3) is 4.12. The second-order valence-corrected chi connectivity index (χ2v) is 6.78. The van der Waals surface area contributed by atoms with Crippen LogP contribution in [0.4, 0.5) is 15.9 Å². The number of benzene rings is 1. The lowest BCUT2D eigenvalue weighted by molar-refractivity contribution is 0.0950. The fourth-order valence-corrected chi connectivity index (χ4v) is 3.25. The summed E-state index contributed by atoms with van der Waals surface area (Å²) in [7, 11) is 3.53. The molecule has 0 radical (unpaired) electrons. The number of hydrogen-bond acceptors (Lipinski definition) is 4. The molecule has 1 aliphatic rings. The number of pyridine rings is 1. The summed E-state index contributed by atoms with van der Waals surface area (Å²) < 4.78 is 14.1. The highest BCUT2D eigenvalue weighted by Crippen LogP contribution is 2.22. The molecule has 2 heterocycles. The fraction of sp³-hybridized carbons (Fsp3) is 0.400. The van der Waals surface area contributed by atoms with Crippen LogP contribution in [0.2, 0.25) is 0 Å². The SMILES string of the molecule is CN(C)c1ccc(C(=O)NCc2cccnc2N2CCCCC2)cc1F. The minimum atomic E-state index is -0.405. The van der Waals surface area contributed by atoms with Gasteiger partial charge in [0.15, 0.2) is 0 Å². The first-order valence-corrected chi connectivity index (χ1v) is 9.00. The van der Waals surface area contributed by atoms with Crippen LogP contribution >= 0.6 is 0 Å². The first-order valence-electron chi connectivity index (χ1n) is 9.00. The summed E-state index contributed by atoms with van der Waals surface area (Å²) in [5.74, 6) is 0.238. The monoisotopic (exact) mass is 356 g/mol. The van der Waals surface area contributed by atoms with Gasteiger partial charge in [-0.05, 0) is 43.5 Å². The molecule has 0 aliphatic carbocycles. The van der Waals surface area contributed by atoms with Crippen LogP contribution in [-0.4, -0.2) is 38.1 Å². The van der Waals surface area contributed by atoms with Crippen molar-refractivity contribution in [2.75, 3.05) is 37.0 Å². The Hall–Kier alpha value is -2.63. The summed E-state index contributed by atoms with van der Waals surface area (Å²) in [4.78, 5) is 20.9. The van der Waals surface area contributed by atoms with Crippen molar-refractivity contribution in [2.45, 2.75) is 25.8 Å². The Labute approximate surface area is 153 Å². The van der Waals surface area contributed by atoms with E-state index in [9.17, 15) is 9.18 Å². The van der Waals surface area contributed by atoms with E-state index in [0.717, 1.165) is 24.5 Å². The number of nitrogens with one attached hydrogen (secondary N) is 1. The molecule has 3 rings (SSSR count). The van der Waals surface area contributed by atoms with Gasteiger partial charge in [0, 0.05) is 51.1 Å². The van der Waals surface area contributed by atoms with Crippen molar-refractivity contribution in [3.63, 3.8) is 0 Å². The minimum absolute atomic E-state index is 0.289. The fourth-order valence-electron chi connectivity index (χ4n) is 3.25. The van der Waals surface area contributed by atoms with Gasteiger partial charge in [-0.1, -0.05) is 6.07 Å². The highest BCUT2D eigenvalue weighted by atomic mass is 19.1. The molecular weight excluding hydrogens is 331 g/mol. The van der Waals surface area contributed by atoms with Crippen LogP contribution in [0, 0.1) is 5.82 Å². The topological polar surface area (TPSA) is 48.5 Å². The molecule has 5 nitrogen and oxygen atoms in total. The lowest BCUT2D eigenvalue weighted by Crippen LogP contribution is -2.32. The molecule has 138 valence electrons. The van der Waals surface area contributed by atoms with Crippen LogP contribution in [0.5, 0.6) is 0 Å². The average molecular weight is 356 g/mol. The van der Waals surface area contributed by atoms with Gasteiger partial charge < -0.3 is 15.1 Å². The van der Waals surface area contributed by atoms with Crippen molar-refractivity contribution in [1.82, 2.24) is 10.3 Å². The normalized spacial score (nSPS) is 14.2. The first-order chi connectivity index (χ1) is 12.6. The molecule has 0 saturated carbocycles. The standard InChI is InChI=1S/C20H25FN4O/c1-24(2)18-9-8-15(13-17(18)21)20(26)23-14-16-7-6-10-22-19(16)25-11-4-3-5-12-25/h6-10,13H,3-5,11-12,14H2,1-2H3,(H,23,26). The number of nitrogens with zero attached hydrogens (tertiary/aromatic N) is 3. The third-order valence-corrected chi connectivity index (χ3v) is 4.65.